The summed E-state index contributed by atoms with van der Waals surface area (Å²) in [6, 6.07) is 13.0. The first-order chi connectivity index (χ1) is 8.08. The Kier molecular flexibility index (Phi) is 3.15. The van der Waals surface area contributed by atoms with E-state index < -0.39 is 5.91 Å². The highest BCUT2D eigenvalue weighted by molar-refractivity contribution is 9.10. The molecular weight excluding hydrogens is 280 g/mol. The van der Waals surface area contributed by atoms with Crippen LogP contribution >= 0.6 is 15.9 Å². The molecular formula is C13H11BrN2O. The Labute approximate surface area is 108 Å². The average Bonchev–Trinajstić information content (AvgIpc) is 2.29. The van der Waals surface area contributed by atoms with Crippen LogP contribution in [0.3, 0.4) is 0 Å². The van der Waals surface area contributed by atoms with Gasteiger partial charge in [-0.25, -0.2) is 0 Å². The minimum Gasteiger partial charge on any atom is -0.399 e. The van der Waals surface area contributed by atoms with Crippen molar-refractivity contribution in [1.29, 1.82) is 0 Å². The first kappa shape index (κ1) is 11.7. The van der Waals surface area contributed by atoms with E-state index in [9.17, 15) is 4.79 Å². The van der Waals surface area contributed by atoms with Gasteiger partial charge in [-0.05, 0) is 51.3 Å². The van der Waals surface area contributed by atoms with Crippen LogP contribution in [0.1, 0.15) is 10.4 Å². The van der Waals surface area contributed by atoms with Gasteiger partial charge in [-0.15, -0.1) is 0 Å². The van der Waals surface area contributed by atoms with Gasteiger partial charge >= 0.3 is 0 Å². The van der Waals surface area contributed by atoms with Gasteiger partial charge in [0.15, 0.2) is 0 Å². The van der Waals surface area contributed by atoms with Crippen molar-refractivity contribution in [1.82, 2.24) is 0 Å². The molecule has 2 rings (SSSR count). The SMILES string of the molecule is NC(=O)c1ccc(-c2ccc(N)cc2)cc1Br. The van der Waals surface area contributed by atoms with E-state index in [1.165, 1.54) is 0 Å². The minimum atomic E-state index is -0.444. The van der Waals surface area contributed by atoms with Gasteiger partial charge < -0.3 is 11.5 Å². The lowest BCUT2D eigenvalue weighted by molar-refractivity contribution is 0.0999. The third-order valence-electron chi connectivity index (χ3n) is 2.48. The molecule has 1 amide bonds. The molecule has 2 aromatic carbocycles. The minimum absolute atomic E-state index is 0.444. The van der Waals surface area contributed by atoms with Crippen LogP contribution in [-0.4, -0.2) is 5.91 Å². The predicted molar refractivity (Wildman–Crippen MR) is 72.5 cm³/mol. The molecule has 0 bridgehead atoms. The Morgan fingerprint density at radius 1 is 1.00 bits per heavy atom. The standard InChI is InChI=1S/C13H11BrN2O/c14-12-7-9(3-6-11(12)13(16)17)8-1-4-10(15)5-2-8/h1-7H,15H2,(H2,16,17). The zero-order valence-electron chi connectivity index (χ0n) is 8.98. The van der Waals surface area contributed by atoms with Gasteiger partial charge in [-0.2, -0.15) is 0 Å². The van der Waals surface area contributed by atoms with Gasteiger partial charge in [0.2, 0.25) is 5.91 Å². The fourth-order valence-corrected chi connectivity index (χ4v) is 2.14. The summed E-state index contributed by atoms with van der Waals surface area (Å²) in [6.45, 7) is 0. The molecule has 0 aliphatic carbocycles. The number of halogens is 1. The van der Waals surface area contributed by atoms with Crippen molar-refractivity contribution in [3.63, 3.8) is 0 Å². The second-order valence-electron chi connectivity index (χ2n) is 3.68. The molecule has 0 heterocycles. The van der Waals surface area contributed by atoms with Crippen LogP contribution in [0.25, 0.3) is 11.1 Å². The van der Waals surface area contributed by atoms with Gasteiger partial charge in [0.25, 0.3) is 0 Å². The molecule has 0 saturated carbocycles. The second kappa shape index (κ2) is 4.59. The number of primary amides is 1. The van der Waals surface area contributed by atoms with E-state index in [2.05, 4.69) is 15.9 Å². The summed E-state index contributed by atoms with van der Waals surface area (Å²) in [7, 11) is 0. The zero-order chi connectivity index (χ0) is 12.4. The van der Waals surface area contributed by atoms with Crippen LogP contribution in [0.15, 0.2) is 46.9 Å². The molecule has 0 aliphatic heterocycles. The highest BCUT2D eigenvalue weighted by Gasteiger charge is 2.07. The molecule has 3 nitrogen and oxygen atoms in total. The summed E-state index contributed by atoms with van der Waals surface area (Å²) in [5.74, 6) is -0.444. The Morgan fingerprint density at radius 3 is 2.12 bits per heavy atom. The van der Waals surface area contributed by atoms with Crippen molar-refractivity contribution in [3.05, 3.63) is 52.5 Å². The van der Waals surface area contributed by atoms with Crippen molar-refractivity contribution >= 4 is 27.5 Å². The summed E-state index contributed by atoms with van der Waals surface area (Å²) >= 11 is 3.33. The molecule has 0 radical (unpaired) electrons. The van der Waals surface area contributed by atoms with Crippen LogP contribution < -0.4 is 11.5 Å². The van der Waals surface area contributed by atoms with Crippen molar-refractivity contribution in [2.45, 2.75) is 0 Å². The number of carbonyl (C=O) groups is 1. The number of amides is 1. The summed E-state index contributed by atoms with van der Waals surface area (Å²) < 4.78 is 0.694. The van der Waals surface area contributed by atoms with E-state index in [0.29, 0.717) is 10.0 Å². The van der Waals surface area contributed by atoms with E-state index >= 15 is 0 Å². The van der Waals surface area contributed by atoms with E-state index in [0.717, 1.165) is 16.8 Å². The van der Waals surface area contributed by atoms with E-state index in [1.54, 1.807) is 6.07 Å². The van der Waals surface area contributed by atoms with Crippen LogP contribution in [-0.2, 0) is 0 Å². The van der Waals surface area contributed by atoms with Gasteiger partial charge in [-0.1, -0.05) is 18.2 Å². The lowest BCUT2D eigenvalue weighted by Gasteiger charge is -2.05. The Hall–Kier alpha value is -1.81. The van der Waals surface area contributed by atoms with Crippen LogP contribution in [0.4, 0.5) is 5.69 Å². The maximum Gasteiger partial charge on any atom is 0.249 e. The van der Waals surface area contributed by atoms with Crippen LogP contribution in [0.5, 0.6) is 0 Å². The summed E-state index contributed by atoms with van der Waals surface area (Å²) in [5, 5.41) is 0. The molecule has 0 saturated heterocycles. The maximum absolute atomic E-state index is 11.1. The first-order valence-electron chi connectivity index (χ1n) is 5.03. The molecule has 0 aliphatic rings. The topological polar surface area (TPSA) is 69.1 Å². The second-order valence-corrected chi connectivity index (χ2v) is 4.54. The highest BCUT2D eigenvalue weighted by atomic mass is 79.9. The Bertz CT molecular complexity index is 564. The molecule has 4 N–H and O–H groups in total. The number of hydrogen-bond donors (Lipinski definition) is 2. The number of rotatable bonds is 2. The quantitative estimate of drug-likeness (QED) is 0.835. The molecule has 0 fully saturated rings. The molecule has 17 heavy (non-hydrogen) atoms. The first-order valence-corrected chi connectivity index (χ1v) is 5.82. The molecule has 0 spiro atoms. The summed E-state index contributed by atoms with van der Waals surface area (Å²) in [5.41, 5.74) is 14.1. The third-order valence-corrected chi connectivity index (χ3v) is 3.13. The fraction of sp³-hybridized carbons (Fsp3) is 0. The van der Waals surface area contributed by atoms with Crippen molar-refractivity contribution in [2.24, 2.45) is 5.73 Å². The Morgan fingerprint density at radius 2 is 1.59 bits per heavy atom. The van der Waals surface area contributed by atoms with Gasteiger partial charge in [0.1, 0.15) is 0 Å². The Balaban J connectivity index is 2.44. The molecule has 0 unspecified atom stereocenters. The molecule has 0 aromatic heterocycles. The number of anilines is 1. The highest BCUT2D eigenvalue weighted by Crippen LogP contribution is 2.26. The normalized spacial score (nSPS) is 10.2. The lowest BCUT2D eigenvalue weighted by Crippen LogP contribution is -2.11. The van der Waals surface area contributed by atoms with E-state index in [4.69, 9.17) is 11.5 Å². The van der Waals surface area contributed by atoms with Crippen molar-refractivity contribution < 1.29 is 4.79 Å². The number of nitrogen functional groups attached to an aromatic ring is 1. The van der Waals surface area contributed by atoms with Crippen LogP contribution in [0.2, 0.25) is 0 Å². The van der Waals surface area contributed by atoms with Crippen LogP contribution in [0, 0.1) is 0 Å². The summed E-state index contributed by atoms with van der Waals surface area (Å²) in [4.78, 5) is 11.1. The van der Waals surface area contributed by atoms with Gasteiger partial charge in [0, 0.05) is 10.2 Å². The fourth-order valence-electron chi connectivity index (χ4n) is 1.57. The van der Waals surface area contributed by atoms with E-state index in [-0.39, 0.29) is 0 Å². The number of benzene rings is 2. The van der Waals surface area contributed by atoms with E-state index in [1.807, 2.05) is 36.4 Å². The average molecular weight is 291 g/mol. The lowest BCUT2D eigenvalue weighted by atomic mass is 10.0. The molecule has 2 aromatic rings. The third kappa shape index (κ3) is 2.47. The van der Waals surface area contributed by atoms with Crippen molar-refractivity contribution in [3.8, 4) is 11.1 Å². The maximum atomic E-state index is 11.1. The molecule has 0 atom stereocenters. The van der Waals surface area contributed by atoms with Gasteiger partial charge in [-0.3, -0.25) is 4.79 Å². The molecule has 86 valence electrons. The number of carbonyl (C=O) groups excluding carboxylic acids is 1. The smallest absolute Gasteiger partial charge is 0.249 e. The molecule has 4 heteroatoms. The zero-order valence-corrected chi connectivity index (χ0v) is 10.6. The monoisotopic (exact) mass is 290 g/mol. The number of hydrogen-bond acceptors (Lipinski definition) is 2. The van der Waals surface area contributed by atoms with Crippen molar-refractivity contribution in [2.75, 3.05) is 5.73 Å². The largest absolute Gasteiger partial charge is 0.399 e. The summed E-state index contributed by atoms with van der Waals surface area (Å²) in [6.07, 6.45) is 0. The predicted octanol–water partition coefficient (Wildman–Crippen LogP) is 2.80. The number of nitrogens with two attached hydrogens (primary N) is 2. The van der Waals surface area contributed by atoms with Gasteiger partial charge in [0.05, 0.1) is 5.56 Å².